The van der Waals surface area contributed by atoms with Crippen LogP contribution < -0.4 is 9.64 Å². The molecule has 1 radical (unpaired) electrons. The molecule has 0 aromatic heterocycles. The standard InChI is InChI=1S/C32H35N3O2.Cu/c1-32(2)28-21-27(37-4)16-17-29(28)35(3)30(32)20-26(18-22-10-6-5-7-11-22)33-34-31(36)25-15-14-23-12-8-9-13-24(23)19-25;/h5-7,10-11,14-17,19-21H,8-9,12-13,18H2,1-4H3,(H,34,36);/b30-20-,33-26+;. The molecule has 0 saturated heterocycles. The van der Waals surface area contributed by atoms with Gasteiger partial charge < -0.3 is 14.7 Å². The molecule has 5 nitrogen and oxygen atoms in total. The van der Waals surface area contributed by atoms with Crippen molar-refractivity contribution in [3.05, 3.63) is 106 Å². The van der Waals surface area contributed by atoms with Gasteiger partial charge in [-0.3, -0.25) is 0 Å². The van der Waals surface area contributed by atoms with Crippen molar-refractivity contribution in [1.82, 2.24) is 0 Å². The predicted octanol–water partition coefficient (Wildman–Crippen LogP) is 6.79. The Labute approximate surface area is 236 Å². The van der Waals surface area contributed by atoms with Crippen molar-refractivity contribution < 1.29 is 26.9 Å². The van der Waals surface area contributed by atoms with Crippen LogP contribution in [0, 0.1) is 0 Å². The van der Waals surface area contributed by atoms with E-state index in [4.69, 9.17) is 4.74 Å². The SMILES string of the molecule is COc1ccc2c(c1)C(C)(C)/C(=C/C(Cc1ccccc1)=N/N=C(\O)c1ccc3c(c1)CCCC3)N2C.[Cu]. The number of allylic oxidation sites excluding steroid dienone is 2. The average Bonchev–Trinajstić information content (AvgIpc) is 3.11. The molecule has 6 heteroatoms. The first-order valence-corrected chi connectivity index (χ1v) is 13.0. The van der Waals surface area contributed by atoms with Crippen molar-refractivity contribution in [1.29, 1.82) is 0 Å². The minimum Gasteiger partial charge on any atom is -0.497 e. The summed E-state index contributed by atoms with van der Waals surface area (Å²) < 4.78 is 5.50. The van der Waals surface area contributed by atoms with E-state index in [-0.39, 0.29) is 28.4 Å². The summed E-state index contributed by atoms with van der Waals surface area (Å²) in [4.78, 5) is 2.21. The zero-order valence-corrected chi connectivity index (χ0v) is 23.4. The van der Waals surface area contributed by atoms with Gasteiger partial charge in [0.2, 0.25) is 5.90 Å². The first kappa shape index (κ1) is 27.7. The molecule has 1 aliphatic carbocycles. The van der Waals surface area contributed by atoms with E-state index in [0.29, 0.717) is 12.0 Å². The number of nitrogens with zero attached hydrogens (tertiary/aromatic N) is 3. The molecule has 201 valence electrons. The summed E-state index contributed by atoms with van der Waals surface area (Å²) in [5.41, 5.74) is 8.55. The van der Waals surface area contributed by atoms with Crippen molar-refractivity contribution >= 4 is 17.3 Å². The van der Waals surface area contributed by atoms with Gasteiger partial charge in [0, 0.05) is 52.9 Å². The number of fused-ring (bicyclic) bond motifs is 2. The maximum atomic E-state index is 10.9. The molecule has 3 aromatic carbocycles. The molecule has 0 atom stereocenters. The van der Waals surface area contributed by atoms with Gasteiger partial charge in [0.05, 0.1) is 12.8 Å². The first-order valence-electron chi connectivity index (χ1n) is 13.0. The third-order valence-electron chi connectivity index (χ3n) is 7.65. The Hall–Kier alpha value is -3.34. The van der Waals surface area contributed by atoms with E-state index >= 15 is 0 Å². The molecule has 5 rings (SSSR count). The summed E-state index contributed by atoms with van der Waals surface area (Å²) in [6.45, 7) is 4.43. The topological polar surface area (TPSA) is 57.4 Å². The zero-order valence-electron chi connectivity index (χ0n) is 22.5. The number of ether oxygens (including phenoxy) is 1. The quantitative estimate of drug-likeness (QED) is 0.157. The molecule has 0 unspecified atom stereocenters. The van der Waals surface area contributed by atoms with Crippen LogP contribution in [0.2, 0.25) is 0 Å². The summed E-state index contributed by atoms with van der Waals surface area (Å²) in [5, 5.41) is 19.8. The number of hydrogen-bond acceptors (Lipinski definition) is 4. The molecule has 0 amide bonds. The molecule has 0 spiro atoms. The molecule has 1 N–H and O–H groups in total. The Morgan fingerprint density at radius 3 is 2.45 bits per heavy atom. The van der Waals surface area contributed by atoms with Gasteiger partial charge in [-0.05, 0) is 84.3 Å². The molecule has 38 heavy (non-hydrogen) atoms. The molecule has 3 aromatic rings. The fourth-order valence-corrected chi connectivity index (χ4v) is 5.52. The molecule has 0 bridgehead atoms. The van der Waals surface area contributed by atoms with Crippen LogP contribution in [0.3, 0.4) is 0 Å². The van der Waals surface area contributed by atoms with Gasteiger partial charge in [0.15, 0.2) is 0 Å². The number of likely N-dealkylation sites (N-methyl/N-ethyl adjacent to an activating group) is 1. The molecule has 1 aliphatic heterocycles. The minimum absolute atomic E-state index is 0. The number of aryl methyl sites for hydroxylation is 2. The summed E-state index contributed by atoms with van der Waals surface area (Å²) in [6.07, 6.45) is 7.31. The van der Waals surface area contributed by atoms with Gasteiger partial charge in [-0.2, -0.15) is 5.10 Å². The van der Waals surface area contributed by atoms with Crippen LogP contribution in [0.25, 0.3) is 0 Å². The van der Waals surface area contributed by atoms with Gasteiger partial charge in [-0.15, -0.1) is 5.10 Å². The van der Waals surface area contributed by atoms with Crippen LogP contribution in [0.15, 0.2) is 88.7 Å². The van der Waals surface area contributed by atoms with E-state index in [1.165, 1.54) is 29.5 Å². The van der Waals surface area contributed by atoms with Crippen molar-refractivity contribution in [3.63, 3.8) is 0 Å². The minimum atomic E-state index is -0.250. The van der Waals surface area contributed by atoms with Crippen LogP contribution in [0.4, 0.5) is 5.69 Å². The van der Waals surface area contributed by atoms with Crippen LogP contribution >= 0.6 is 0 Å². The number of benzene rings is 3. The molecule has 1 heterocycles. The van der Waals surface area contributed by atoms with Gasteiger partial charge >= 0.3 is 0 Å². The number of aliphatic hydroxyl groups is 1. The third-order valence-corrected chi connectivity index (χ3v) is 7.65. The number of rotatable bonds is 6. The Balaban J connectivity index is 0.00000336. The van der Waals surface area contributed by atoms with Crippen LogP contribution in [-0.2, 0) is 41.7 Å². The fourth-order valence-electron chi connectivity index (χ4n) is 5.52. The summed E-state index contributed by atoms with van der Waals surface area (Å²) in [6, 6.07) is 22.6. The van der Waals surface area contributed by atoms with Gasteiger partial charge in [-0.25, -0.2) is 0 Å². The number of methoxy groups -OCH3 is 1. The Morgan fingerprint density at radius 2 is 1.71 bits per heavy atom. The maximum Gasteiger partial charge on any atom is 0.238 e. The van der Waals surface area contributed by atoms with E-state index in [1.54, 1.807) is 7.11 Å². The maximum absolute atomic E-state index is 10.9. The summed E-state index contributed by atoms with van der Waals surface area (Å²) in [5.74, 6) is 0.795. The van der Waals surface area contributed by atoms with Crippen molar-refractivity contribution in [2.75, 3.05) is 19.1 Å². The fraction of sp³-hybridized carbons (Fsp3) is 0.312. The van der Waals surface area contributed by atoms with Crippen molar-refractivity contribution in [2.45, 2.75) is 51.4 Å². The summed E-state index contributed by atoms with van der Waals surface area (Å²) in [7, 11) is 3.78. The average molecular weight is 557 g/mol. The third kappa shape index (κ3) is 5.57. The number of anilines is 1. The molecular weight excluding hydrogens is 522 g/mol. The van der Waals surface area contributed by atoms with Crippen LogP contribution in [0.1, 0.15) is 54.5 Å². The molecule has 0 saturated carbocycles. The van der Waals surface area contributed by atoms with Crippen LogP contribution in [0.5, 0.6) is 5.75 Å². The first-order chi connectivity index (χ1) is 17.9. The predicted molar refractivity (Wildman–Crippen MR) is 152 cm³/mol. The van der Waals surface area contributed by atoms with Crippen molar-refractivity contribution in [3.8, 4) is 5.75 Å². The van der Waals surface area contributed by atoms with Gasteiger partial charge in [0.25, 0.3) is 0 Å². The summed E-state index contributed by atoms with van der Waals surface area (Å²) >= 11 is 0. The second-order valence-electron chi connectivity index (χ2n) is 10.5. The number of aliphatic hydroxyl groups excluding tert-OH is 1. The molecule has 2 aliphatic rings. The smallest absolute Gasteiger partial charge is 0.238 e. The monoisotopic (exact) mass is 556 g/mol. The molecule has 0 fully saturated rings. The van der Waals surface area contributed by atoms with E-state index < -0.39 is 0 Å². The van der Waals surface area contributed by atoms with Gasteiger partial charge in [-0.1, -0.05) is 50.2 Å². The second kappa shape index (κ2) is 11.6. The Morgan fingerprint density at radius 1 is 0.974 bits per heavy atom. The van der Waals surface area contributed by atoms with Crippen molar-refractivity contribution in [2.24, 2.45) is 10.2 Å². The molecular formula is C32H35CuN3O2. The largest absolute Gasteiger partial charge is 0.497 e. The van der Waals surface area contributed by atoms with E-state index in [9.17, 15) is 5.11 Å². The van der Waals surface area contributed by atoms with Crippen LogP contribution in [-0.4, -0.2) is 30.9 Å². The van der Waals surface area contributed by atoms with E-state index in [0.717, 1.165) is 41.3 Å². The van der Waals surface area contributed by atoms with Gasteiger partial charge in [0.1, 0.15) is 5.75 Å². The zero-order chi connectivity index (χ0) is 26.0. The second-order valence-corrected chi connectivity index (χ2v) is 10.5. The Bertz CT molecular complexity index is 1390. The Kier molecular flexibility index (Phi) is 8.44. The van der Waals surface area contributed by atoms with E-state index in [2.05, 4.69) is 78.5 Å². The number of hydrogen-bond donors (Lipinski definition) is 1. The van der Waals surface area contributed by atoms with E-state index in [1.807, 2.05) is 30.3 Å². The normalized spacial score (nSPS) is 17.6.